The van der Waals surface area contributed by atoms with E-state index in [0.717, 1.165) is 12.1 Å². The van der Waals surface area contributed by atoms with Gasteiger partial charge in [-0.1, -0.05) is 44.2 Å². The highest BCUT2D eigenvalue weighted by atomic mass is 32.1. The van der Waals surface area contributed by atoms with E-state index in [4.69, 9.17) is 5.11 Å². The number of hydrogen-bond donors (Lipinski definition) is 2. The Bertz CT molecular complexity index is 493. The smallest absolute Gasteiger partial charge is 0.0681 e. The lowest BCUT2D eigenvalue weighted by atomic mass is 10.0. The highest BCUT2D eigenvalue weighted by Gasteiger charge is 2.15. The maximum absolute atomic E-state index is 9.16. The molecule has 2 aromatic rings. The molecule has 2 rings (SSSR count). The highest BCUT2D eigenvalue weighted by molar-refractivity contribution is 7.10. The first-order chi connectivity index (χ1) is 9.20. The molecule has 0 aliphatic rings. The van der Waals surface area contributed by atoms with Crippen LogP contribution in [0.5, 0.6) is 0 Å². The molecule has 1 aromatic carbocycles. The van der Waals surface area contributed by atoms with E-state index in [1.54, 1.807) is 11.3 Å². The molecule has 19 heavy (non-hydrogen) atoms. The molecule has 0 saturated heterocycles. The first kappa shape index (κ1) is 14.3. The fourth-order valence-corrected chi connectivity index (χ4v) is 3.17. The molecule has 102 valence electrons. The van der Waals surface area contributed by atoms with Crippen molar-refractivity contribution < 1.29 is 5.11 Å². The van der Waals surface area contributed by atoms with Crippen LogP contribution < -0.4 is 5.32 Å². The molecule has 0 fully saturated rings. The van der Waals surface area contributed by atoms with E-state index in [-0.39, 0.29) is 6.61 Å². The Morgan fingerprint density at radius 2 is 1.95 bits per heavy atom. The van der Waals surface area contributed by atoms with Crippen molar-refractivity contribution in [2.45, 2.75) is 33.0 Å². The fraction of sp³-hybridized carbons (Fsp3) is 0.375. The zero-order valence-electron chi connectivity index (χ0n) is 11.5. The molecule has 1 unspecified atom stereocenters. The number of hydrogen-bond acceptors (Lipinski definition) is 3. The summed E-state index contributed by atoms with van der Waals surface area (Å²) in [5, 5.41) is 14.9. The Balaban J connectivity index is 2.02. The van der Waals surface area contributed by atoms with E-state index in [1.807, 2.05) is 12.1 Å². The van der Waals surface area contributed by atoms with Gasteiger partial charge in [0.15, 0.2) is 0 Å². The molecule has 1 heterocycles. The van der Waals surface area contributed by atoms with E-state index in [1.165, 1.54) is 10.4 Å². The van der Waals surface area contributed by atoms with Gasteiger partial charge in [-0.25, -0.2) is 0 Å². The SMILES string of the molecule is CC(C)C(NCc1cccc(CO)c1)c1cccs1. The molecule has 2 nitrogen and oxygen atoms in total. The van der Waals surface area contributed by atoms with Gasteiger partial charge in [-0.2, -0.15) is 0 Å². The summed E-state index contributed by atoms with van der Waals surface area (Å²) in [6.07, 6.45) is 0. The zero-order valence-corrected chi connectivity index (χ0v) is 12.3. The molecule has 0 spiro atoms. The van der Waals surface area contributed by atoms with Gasteiger partial charge in [-0.3, -0.25) is 0 Å². The summed E-state index contributed by atoms with van der Waals surface area (Å²) in [5.41, 5.74) is 2.19. The Kier molecular flexibility index (Phi) is 5.14. The van der Waals surface area contributed by atoms with Crippen molar-refractivity contribution in [1.29, 1.82) is 0 Å². The van der Waals surface area contributed by atoms with Crippen LogP contribution in [0.2, 0.25) is 0 Å². The second-order valence-electron chi connectivity index (χ2n) is 5.10. The topological polar surface area (TPSA) is 32.3 Å². The maximum Gasteiger partial charge on any atom is 0.0681 e. The van der Waals surface area contributed by atoms with E-state index in [9.17, 15) is 0 Å². The number of aliphatic hydroxyl groups is 1. The monoisotopic (exact) mass is 275 g/mol. The van der Waals surface area contributed by atoms with Crippen molar-refractivity contribution in [2.24, 2.45) is 5.92 Å². The van der Waals surface area contributed by atoms with Crippen LogP contribution in [0.3, 0.4) is 0 Å². The number of thiophene rings is 1. The van der Waals surface area contributed by atoms with Gasteiger partial charge in [-0.05, 0) is 28.5 Å². The van der Waals surface area contributed by atoms with Crippen LogP contribution in [0.1, 0.15) is 35.9 Å². The van der Waals surface area contributed by atoms with Crippen molar-refractivity contribution in [3.05, 3.63) is 57.8 Å². The molecule has 1 aromatic heterocycles. The van der Waals surface area contributed by atoms with E-state index >= 15 is 0 Å². The fourth-order valence-electron chi connectivity index (χ4n) is 2.20. The Morgan fingerprint density at radius 3 is 2.58 bits per heavy atom. The maximum atomic E-state index is 9.16. The predicted octanol–water partition coefficient (Wildman–Crippen LogP) is 3.73. The molecule has 0 radical (unpaired) electrons. The third-order valence-electron chi connectivity index (χ3n) is 3.22. The summed E-state index contributed by atoms with van der Waals surface area (Å²) >= 11 is 1.80. The minimum Gasteiger partial charge on any atom is -0.392 e. The van der Waals surface area contributed by atoms with Crippen molar-refractivity contribution in [3.63, 3.8) is 0 Å². The third-order valence-corrected chi connectivity index (χ3v) is 4.17. The Hall–Kier alpha value is -1.16. The Labute approximate surface area is 119 Å². The average Bonchev–Trinajstić information content (AvgIpc) is 2.93. The quantitative estimate of drug-likeness (QED) is 0.842. The molecule has 0 amide bonds. The average molecular weight is 275 g/mol. The second kappa shape index (κ2) is 6.85. The molecule has 1 atom stereocenters. The second-order valence-corrected chi connectivity index (χ2v) is 6.08. The molecule has 2 N–H and O–H groups in total. The lowest BCUT2D eigenvalue weighted by Gasteiger charge is -2.21. The number of nitrogens with one attached hydrogen (secondary N) is 1. The molecular formula is C16H21NOS. The van der Waals surface area contributed by atoms with Crippen molar-refractivity contribution in [1.82, 2.24) is 5.32 Å². The van der Waals surface area contributed by atoms with Gasteiger partial charge in [0, 0.05) is 17.5 Å². The van der Waals surface area contributed by atoms with Gasteiger partial charge in [0.1, 0.15) is 0 Å². The summed E-state index contributed by atoms with van der Waals surface area (Å²) in [4.78, 5) is 1.38. The summed E-state index contributed by atoms with van der Waals surface area (Å²) in [5.74, 6) is 0.555. The van der Waals surface area contributed by atoms with Gasteiger partial charge in [0.2, 0.25) is 0 Å². The van der Waals surface area contributed by atoms with Crippen molar-refractivity contribution in [2.75, 3.05) is 0 Å². The van der Waals surface area contributed by atoms with Gasteiger partial charge >= 0.3 is 0 Å². The van der Waals surface area contributed by atoms with Crippen molar-refractivity contribution >= 4 is 11.3 Å². The molecule has 0 bridgehead atoms. The number of benzene rings is 1. The summed E-state index contributed by atoms with van der Waals surface area (Å²) in [6, 6.07) is 12.8. The van der Waals surface area contributed by atoms with Crippen LogP contribution in [-0.2, 0) is 13.2 Å². The minimum absolute atomic E-state index is 0.104. The van der Waals surface area contributed by atoms with Crippen LogP contribution in [0.4, 0.5) is 0 Å². The normalized spacial score (nSPS) is 12.8. The highest BCUT2D eigenvalue weighted by Crippen LogP contribution is 2.26. The van der Waals surface area contributed by atoms with E-state index < -0.39 is 0 Å². The van der Waals surface area contributed by atoms with Gasteiger partial charge in [0.25, 0.3) is 0 Å². The van der Waals surface area contributed by atoms with E-state index in [0.29, 0.717) is 12.0 Å². The predicted molar refractivity (Wildman–Crippen MR) is 81.1 cm³/mol. The lowest BCUT2D eigenvalue weighted by molar-refractivity contribution is 0.281. The largest absolute Gasteiger partial charge is 0.392 e. The number of rotatable bonds is 6. The molecule has 0 aliphatic heterocycles. The van der Waals surface area contributed by atoms with Gasteiger partial charge < -0.3 is 10.4 Å². The lowest BCUT2D eigenvalue weighted by Crippen LogP contribution is -2.24. The number of aliphatic hydroxyl groups excluding tert-OH is 1. The first-order valence-electron chi connectivity index (χ1n) is 6.66. The summed E-state index contributed by atoms with van der Waals surface area (Å²) < 4.78 is 0. The van der Waals surface area contributed by atoms with Crippen LogP contribution in [0, 0.1) is 5.92 Å². The third kappa shape index (κ3) is 3.90. The van der Waals surface area contributed by atoms with E-state index in [2.05, 4.69) is 48.8 Å². The minimum atomic E-state index is 0.104. The van der Waals surface area contributed by atoms with Gasteiger partial charge in [-0.15, -0.1) is 11.3 Å². The first-order valence-corrected chi connectivity index (χ1v) is 7.54. The van der Waals surface area contributed by atoms with Crippen LogP contribution in [-0.4, -0.2) is 5.11 Å². The van der Waals surface area contributed by atoms with Crippen molar-refractivity contribution in [3.8, 4) is 0 Å². The van der Waals surface area contributed by atoms with Gasteiger partial charge in [0.05, 0.1) is 6.61 Å². The zero-order chi connectivity index (χ0) is 13.7. The molecule has 0 saturated carbocycles. The molecular weight excluding hydrogens is 254 g/mol. The van der Waals surface area contributed by atoms with Crippen LogP contribution in [0.25, 0.3) is 0 Å². The van der Waals surface area contributed by atoms with Crippen LogP contribution >= 0.6 is 11.3 Å². The standard InChI is InChI=1S/C16H21NOS/c1-12(2)16(15-7-4-8-19-15)17-10-13-5-3-6-14(9-13)11-18/h3-9,12,16-18H,10-11H2,1-2H3. The molecule has 0 aliphatic carbocycles. The Morgan fingerprint density at radius 1 is 1.16 bits per heavy atom. The molecule has 3 heteroatoms. The summed E-state index contributed by atoms with van der Waals surface area (Å²) in [6.45, 7) is 5.41. The van der Waals surface area contributed by atoms with Crippen LogP contribution in [0.15, 0.2) is 41.8 Å². The summed E-state index contributed by atoms with van der Waals surface area (Å²) in [7, 11) is 0.